The molecule has 0 radical (unpaired) electrons. The van der Waals surface area contributed by atoms with E-state index in [-0.39, 0.29) is 18.4 Å². The van der Waals surface area contributed by atoms with Gasteiger partial charge in [-0.3, -0.25) is 9.59 Å². The van der Waals surface area contributed by atoms with Crippen LogP contribution < -0.4 is 20.1 Å². The van der Waals surface area contributed by atoms with Crippen LogP contribution in [0.1, 0.15) is 61.4 Å². The Morgan fingerprint density at radius 2 is 1.80 bits per heavy atom. The highest BCUT2D eigenvalue weighted by atomic mass is 35.5. The number of halogens is 1. The van der Waals surface area contributed by atoms with Crippen LogP contribution >= 0.6 is 23.4 Å². The molecule has 0 saturated carbocycles. The van der Waals surface area contributed by atoms with E-state index in [9.17, 15) is 9.59 Å². The zero-order chi connectivity index (χ0) is 34.5. The van der Waals surface area contributed by atoms with Crippen LogP contribution in [0.5, 0.6) is 11.5 Å². The maximum absolute atomic E-state index is 14.2. The van der Waals surface area contributed by atoms with E-state index in [2.05, 4.69) is 10.6 Å². The number of carbonyl (C=O) groups excluding carboxylic acids is 2. The van der Waals surface area contributed by atoms with E-state index in [1.807, 2.05) is 87.2 Å². The van der Waals surface area contributed by atoms with Crippen LogP contribution in [0.15, 0.2) is 77.1 Å². The molecule has 1 saturated heterocycles. The van der Waals surface area contributed by atoms with Crippen molar-refractivity contribution in [1.29, 1.82) is 0 Å². The molecule has 6 rings (SSSR count). The summed E-state index contributed by atoms with van der Waals surface area (Å²) in [5, 5.41) is 12.6. The molecule has 1 unspecified atom stereocenters. The van der Waals surface area contributed by atoms with Crippen molar-refractivity contribution < 1.29 is 19.1 Å². The molecule has 2 N–H and O–H groups in total. The Hall–Kier alpha value is -4.48. The molecule has 2 aliphatic heterocycles. The van der Waals surface area contributed by atoms with Crippen molar-refractivity contribution in [2.75, 3.05) is 36.9 Å². The second kappa shape index (κ2) is 15.4. The zero-order valence-electron chi connectivity index (χ0n) is 28.2. The number of aryl methyl sites for hydroxylation is 2. The van der Waals surface area contributed by atoms with Gasteiger partial charge in [0, 0.05) is 35.2 Å². The summed E-state index contributed by atoms with van der Waals surface area (Å²) >= 11 is 7.88. The van der Waals surface area contributed by atoms with Gasteiger partial charge in [-0.05, 0) is 87.9 Å². The van der Waals surface area contributed by atoms with E-state index in [0.717, 1.165) is 60.3 Å². The zero-order valence-corrected chi connectivity index (χ0v) is 29.8. The number of allylic oxidation sites excluding steroid dienone is 1. The van der Waals surface area contributed by atoms with E-state index in [1.54, 1.807) is 10.7 Å². The van der Waals surface area contributed by atoms with Crippen molar-refractivity contribution in [2.24, 2.45) is 0 Å². The molecule has 4 aromatic rings. The van der Waals surface area contributed by atoms with Crippen molar-refractivity contribution in [3.05, 3.63) is 99.2 Å². The highest BCUT2D eigenvalue weighted by Gasteiger charge is 2.35. The van der Waals surface area contributed by atoms with E-state index >= 15 is 0 Å². The van der Waals surface area contributed by atoms with Gasteiger partial charge in [-0.25, -0.2) is 4.68 Å². The van der Waals surface area contributed by atoms with Crippen LogP contribution in [-0.4, -0.2) is 57.8 Å². The topological polar surface area (TPSA) is 111 Å². The van der Waals surface area contributed by atoms with E-state index in [4.69, 9.17) is 31.2 Å². The summed E-state index contributed by atoms with van der Waals surface area (Å²) < 4.78 is 13.8. The maximum Gasteiger partial charge on any atom is 0.260 e. The SMILES string of the molecule is CCOc1cc(C2C(C(=O)Nc3ccc(C)cc3C)=C(C)Nc3nc(SCc4ccccc4Cl)nn32)ccc1OCC(=O)N1CCCCC1. The van der Waals surface area contributed by atoms with Crippen LogP contribution in [0, 0.1) is 13.8 Å². The van der Waals surface area contributed by atoms with Crippen LogP contribution in [0.3, 0.4) is 0 Å². The molecule has 0 aliphatic carbocycles. The first kappa shape index (κ1) is 34.4. The average molecular weight is 701 g/mol. The van der Waals surface area contributed by atoms with Crippen LogP contribution in [0.25, 0.3) is 0 Å². The van der Waals surface area contributed by atoms with Crippen LogP contribution in [0.2, 0.25) is 5.02 Å². The number of carbonyl (C=O) groups is 2. The van der Waals surface area contributed by atoms with E-state index < -0.39 is 6.04 Å². The number of nitrogens with one attached hydrogen (secondary N) is 2. The van der Waals surface area contributed by atoms with Crippen LogP contribution in [-0.2, 0) is 15.3 Å². The number of likely N-dealkylation sites (tertiary alicyclic amines) is 1. The number of benzene rings is 3. The molecule has 3 heterocycles. The average Bonchev–Trinajstić information content (AvgIpc) is 3.50. The second-order valence-electron chi connectivity index (χ2n) is 12.3. The normalized spacial score (nSPS) is 15.8. The predicted octanol–water partition coefficient (Wildman–Crippen LogP) is 7.56. The monoisotopic (exact) mass is 700 g/mol. The first-order valence-electron chi connectivity index (χ1n) is 16.6. The Morgan fingerprint density at radius 1 is 1.00 bits per heavy atom. The third-order valence-corrected chi connectivity index (χ3v) is 9.92. The molecule has 12 heteroatoms. The van der Waals surface area contributed by atoms with Gasteiger partial charge in [0.2, 0.25) is 11.1 Å². The number of hydrogen-bond acceptors (Lipinski definition) is 8. The lowest BCUT2D eigenvalue weighted by atomic mass is 9.94. The number of piperidine rings is 1. The standard InChI is InChI=1S/C37H41ClN6O4S/c1-5-47-31-20-26(14-16-30(31)48-21-32(45)43-17-9-6-10-18-43)34-33(35(46)40-29-15-13-23(2)19-24(29)3)25(4)39-36-41-37(42-44(34)36)49-22-27-11-7-8-12-28(27)38/h7-8,11-16,19-20,34H,5-6,9-10,17-18,21-22H2,1-4H3,(H,40,46)(H,39,41,42). The minimum atomic E-state index is -0.646. The molecule has 3 aromatic carbocycles. The molecule has 256 valence electrons. The fraction of sp³-hybridized carbons (Fsp3) is 0.351. The smallest absolute Gasteiger partial charge is 0.260 e. The highest BCUT2D eigenvalue weighted by Crippen LogP contribution is 2.40. The van der Waals surface area contributed by atoms with Gasteiger partial charge in [0.1, 0.15) is 6.04 Å². The molecule has 49 heavy (non-hydrogen) atoms. The van der Waals surface area contributed by atoms with Crippen molar-refractivity contribution in [1.82, 2.24) is 19.7 Å². The first-order chi connectivity index (χ1) is 23.7. The first-order valence-corrected chi connectivity index (χ1v) is 17.9. The molecule has 0 bridgehead atoms. The summed E-state index contributed by atoms with van der Waals surface area (Å²) in [5.74, 6) is 1.73. The lowest BCUT2D eigenvalue weighted by Crippen LogP contribution is -2.38. The van der Waals surface area contributed by atoms with Gasteiger partial charge in [-0.15, -0.1) is 5.10 Å². The Kier molecular flexibility index (Phi) is 10.8. The Labute approximate surface area is 296 Å². The molecule has 10 nitrogen and oxygen atoms in total. The Balaban J connectivity index is 1.34. The number of hydrogen-bond donors (Lipinski definition) is 2. The highest BCUT2D eigenvalue weighted by molar-refractivity contribution is 7.98. The summed E-state index contributed by atoms with van der Waals surface area (Å²) in [6, 6.07) is 18.5. The molecule has 1 fully saturated rings. The number of ether oxygens (including phenoxy) is 2. The molecule has 1 aromatic heterocycles. The van der Waals surface area contributed by atoms with Crippen molar-refractivity contribution in [2.45, 2.75) is 63.9 Å². The van der Waals surface area contributed by atoms with Crippen molar-refractivity contribution >= 4 is 46.8 Å². The number of nitrogens with zero attached hydrogens (tertiary/aromatic N) is 4. The maximum atomic E-state index is 14.2. The number of anilines is 2. The second-order valence-corrected chi connectivity index (χ2v) is 13.6. The van der Waals surface area contributed by atoms with Gasteiger partial charge >= 0.3 is 0 Å². The quantitative estimate of drug-likeness (QED) is 0.154. The minimum Gasteiger partial charge on any atom is -0.490 e. The number of fused-ring (bicyclic) bond motifs is 1. The number of thioether (sulfide) groups is 1. The van der Waals surface area contributed by atoms with E-state index in [1.165, 1.54) is 11.8 Å². The van der Waals surface area contributed by atoms with Crippen molar-refractivity contribution in [3.63, 3.8) is 0 Å². The largest absolute Gasteiger partial charge is 0.490 e. The van der Waals surface area contributed by atoms with Gasteiger partial charge in [-0.1, -0.05) is 65.3 Å². The van der Waals surface area contributed by atoms with Gasteiger partial charge in [-0.2, -0.15) is 4.98 Å². The van der Waals surface area contributed by atoms with Gasteiger partial charge < -0.3 is 25.0 Å². The molecule has 0 spiro atoms. The minimum absolute atomic E-state index is 0.0393. The lowest BCUT2D eigenvalue weighted by molar-refractivity contribution is -0.134. The van der Waals surface area contributed by atoms with Gasteiger partial charge in [0.15, 0.2) is 18.1 Å². The summed E-state index contributed by atoms with van der Waals surface area (Å²) in [6.45, 7) is 9.58. The molecule has 2 aliphatic rings. The molecular formula is C37H41ClN6O4S. The summed E-state index contributed by atoms with van der Waals surface area (Å²) in [7, 11) is 0. The number of amides is 2. The third kappa shape index (κ3) is 7.89. The number of rotatable bonds is 11. The summed E-state index contributed by atoms with van der Waals surface area (Å²) in [6.07, 6.45) is 3.17. The molecule has 2 amide bonds. The van der Waals surface area contributed by atoms with E-state index in [0.29, 0.717) is 51.3 Å². The summed E-state index contributed by atoms with van der Waals surface area (Å²) in [4.78, 5) is 33.7. The van der Waals surface area contributed by atoms with Gasteiger partial charge in [0.25, 0.3) is 11.8 Å². The fourth-order valence-electron chi connectivity index (χ4n) is 6.15. The van der Waals surface area contributed by atoms with Crippen LogP contribution in [0.4, 0.5) is 11.6 Å². The number of aromatic nitrogens is 3. The molecule has 1 atom stereocenters. The predicted molar refractivity (Wildman–Crippen MR) is 194 cm³/mol. The third-order valence-electron chi connectivity index (χ3n) is 8.67. The van der Waals surface area contributed by atoms with Crippen molar-refractivity contribution in [3.8, 4) is 11.5 Å². The lowest BCUT2D eigenvalue weighted by Gasteiger charge is -2.29. The fourth-order valence-corrected chi connectivity index (χ4v) is 7.27. The van der Waals surface area contributed by atoms with Gasteiger partial charge in [0.05, 0.1) is 12.2 Å². The summed E-state index contributed by atoms with van der Waals surface area (Å²) in [5.41, 5.74) is 5.67. The molecular weight excluding hydrogens is 660 g/mol. The Morgan fingerprint density at radius 3 is 2.55 bits per heavy atom. The Bertz CT molecular complexity index is 1890.